The molecule has 0 radical (unpaired) electrons. The van der Waals surface area contributed by atoms with Gasteiger partial charge in [0.05, 0.1) is 5.41 Å². The lowest BCUT2D eigenvalue weighted by molar-refractivity contribution is -0.126. The highest BCUT2D eigenvalue weighted by molar-refractivity contribution is 5.87. The Labute approximate surface area is 104 Å². The fraction of sp³-hybridized carbons (Fsp3) is 0.533. The minimum absolute atomic E-state index is 0.0821. The molecule has 0 bridgehead atoms. The maximum atomic E-state index is 12.2. The number of benzene rings is 1. The van der Waals surface area contributed by atoms with Gasteiger partial charge in [-0.25, -0.2) is 0 Å². The molecule has 0 unspecified atom stereocenters. The van der Waals surface area contributed by atoms with E-state index in [0.717, 1.165) is 5.56 Å². The second kappa shape index (κ2) is 4.91. The molecule has 0 aliphatic rings. The molecule has 2 heteroatoms. The number of hydrogen-bond acceptors (Lipinski definition) is 1. The molecule has 0 spiro atoms. The molecule has 94 valence electrons. The summed E-state index contributed by atoms with van der Waals surface area (Å²) in [4.78, 5) is 12.2. The first-order chi connectivity index (χ1) is 7.73. The lowest BCUT2D eigenvalue weighted by Gasteiger charge is -2.27. The van der Waals surface area contributed by atoms with Crippen LogP contribution in [0.5, 0.6) is 0 Å². The Kier molecular flexibility index (Phi) is 3.97. The zero-order chi connectivity index (χ0) is 13.1. The molecule has 1 aromatic carbocycles. The van der Waals surface area contributed by atoms with E-state index in [4.69, 9.17) is 0 Å². The van der Waals surface area contributed by atoms with E-state index in [1.165, 1.54) is 0 Å². The highest BCUT2D eigenvalue weighted by Gasteiger charge is 2.29. The summed E-state index contributed by atoms with van der Waals surface area (Å²) in [7, 11) is 0. The molecule has 0 aliphatic heterocycles. The van der Waals surface area contributed by atoms with Gasteiger partial charge in [0.2, 0.25) is 5.91 Å². The third kappa shape index (κ3) is 3.88. The van der Waals surface area contributed by atoms with E-state index in [1.807, 2.05) is 44.2 Å². The summed E-state index contributed by atoms with van der Waals surface area (Å²) in [6.45, 7) is 11.0. The van der Waals surface area contributed by atoms with Crippen LogP contribution in [0.1, 0.15) is 40.2 Å². The van der Waals surface area contributed by atoms with Crippen molar-refractivity contribution in [1.29, 1.82) is 0 Å². The van der Waals surface area contributed by atoms with Crippen molar-refractivity contribution in [2.75, 3.05) is 6.54 Å². The van der Waals surface area contributed by atoms with Gasteiger partial charge in [-0.3, -0.25) is 4.79 Å². The van der Waals surface area contributed by atoms with Crippen LogP contribution in [0.25, 0.3) is 0 Å². The summed E-state index contributed by atoms with van der Waals surface area (Å²) in [5, 5.41) is 3.02. The van der Waals surface area contributed by atoms with Crippen LogP contribution < -0.4 is 5.32 Å². The average Bonchev–Trinajstić information content (AvgIpc) is 2.26. The van der Waals surface area contributed by atoms with E-state index >= 15 is 0 Å². The largest absolute Gasteiger partial charge is 0.355 e. The van der Waals surface area contributed by atoms with Crippen molar-refractivity contribution in [2.24, 2.45) is 5.41 Å². The van der Waals surface area contributed by atoms with Gasteiger partial charge >= 0.3 is 0 Å². The molecule has 1 amide bonds. The third-order valence-electron chi connectivity index (χ3n) is 2.84. The molecule has 0 atom stereocenters. The van der Waals surface area contributed by atoms with Crippen molar-refractivity contribution in [3.63, 3.8) is 0 Å². The number of carbonyl (C=O) groups excluding carboxylic acids is 1. The Morgan fingerprint density at radius 2 is 1.59 bits per heavy atom. The van der Waals surface area contributed by atoms with Crippen LogP contribution in [-0.2, 0) is 10.2 Å². The summed E-state index contributed by atoms with van der Waals surface area (Å²) in [5.74, 6) is 0.0821. The van der Waals surface area contributed by atoms with E-state index in [9.17, 15) is 4.79 Å². The monoisotopic (exact) mass is 233 g/mol. The van der Waals surface area contributed by atoms with Gasteiger partial charge in [0.25, 0.3) is 0 Å². The van der Waals surface area contributed by atoms with Crippen molar-refractivity contribution < 1.29 is 4.79 Å². The molecule has 1 rings (SSSR count). The first-order valence-corrected chi connectivity index (χ1v) is 6.07. The molecule has 1 aromatic rings. The van der Waals surface area contributed by atoms with Gasteiger partial charge in [0, 0.05) is 6.54 Å². The fourth-order valence-electron chi connectivity index (χ4n) is 1.55. The van der Waals surface area contributed by atoms with Crippen molar-refractivity contribution in [1.82, 2.24) is 5.32 Å². The molecule has 17 heavy (non-hydrogen) atoms. The van der Waals surface area contributed by atoms with Crippen LogP contribution in [0.2, 0.25) is 0 Å². The predicted octanol–water partition coefficient (Wildman–Crippen LogP) is 3.13. The number of carbonyl (C=O) groups is 1. The average molecular weight is 233 g/mol. The first kappa shape index (κ1) is 13.8. The van der Waals surface area contributed by atoms with Gasteiger partial charge in [0.15, 0.2) is 0 Å². The van der Waals surface area contributed by atoms with Gasteiger partial charge in [0.1, 0.15) is 0 Å². The van der Waals surface area contributed by atoms with Crippen molar-refractivity contribution in [2.45, 2.75) is 40.0 Å². The van der Waals surface area contributed by atoms with Gasteiger partial charge < -0.3 is 5.32 Å². The summed E-state index contributed by atoms with van der Waals surface area (Å²) < 4.78 is 0. The molecule has 0 aliphatic carbocycles. The van der Waals surface area contributed by atoms with Gasteiger partial charge in [-0.05, 0) is 24.8 Å². The molecule has 0 heterocycles. The Bertz CT molecular complexity index is 374. The van der Waals surface area contributed by atoms with Crippen LogP contribution in [0.15, 0.2) is 30.3 Å². The van der Waals surface area contributed by atoms with Crippen LogP contribution in [0, 0.1) is 5.41 Å². The lowest BCUT2D eigenvalue weighted by atomic mass is 9.83. The Morgan fingerprint density at radius 1 is 1.06 bits per heavy atom. The number of nitrogens with one attached hydrogen (secondary N) is 1. The van der Waals surface area contributed by atoms with Gasteiger partial charge in [-0.1, -0.05) is 51.1 Å². The standard InChI is InChI=1S/C15H23NO/c1-14(2,3)11-16-13(17)15(4,5)12-9-7-6-8-10-12/h6-10H,11H2,1-5H3,(H,16,17). The highest BCUT2D eigenvalue weighted by Crippen LogP contribution is 2.23. The molecule has 2 nitrogen and oxygen atoms in total. The second-order valence-corrected chi connectivity index (χ2v) is 6.23. The summed E-state index contributed by atoms with van der Waals surface area (Å²) in [6, 6.07) is 9.89. The Balaban J connectivity index is 2.74. The molecule has 0 fully saturated rings. The second-order valence-electron chi connectivity index (χ2n) is 6.23. The lowest BCUT2D eigenvalue weighted by Crippen LogP contribution is -2.43. The minimum atomic E-state index is -0.480. The fourth-order valence-corrected chi connectivity index (χ4v) is 1.55. The summed E-state index contributed by atoms with van der Waals surface area (Å²) >= 11 is 0. The molecular weight excluding hydrogens is 210 g/mol. The maximum absolute atomic E-state index is 12.2. The Morgan fingerprint density at radius 3 is 2.06 bits per heavy atom. The van der Waals surface area contributed by atoms with Crippen LogP contribution in [0.4, 0.5) is 0 Å². The van der Waals surface area contributed by atoms with Crippen molar-refractivity contribution >= 4 is 5.91 Å². The van der Waals surface area contributed by atoms with Crippen LogP contribution in [-0.4, -0.2) is 12.5 Å². The van der Waals surface area contributed by atoms with E-state index in [0.29, 0.717) is 6.54 Å². The minimum Gasteiger partial charge on any atom is -0.355 e. The summed E-state index contributed by atoms with van der Waals surface area (Å²) in [5.41, 5.74) is 0.681. The molecule has 1 N–H and O–H groups in total. The number of amides is 1. The molecular formula is C15H23NO. The third-order valence-corrected chi connectivity index (χ3v) is 2.84. The zero-order valence-corrected chi connectivity index (χ0v) is 11.5. The highest BCUT2D eigenvalue weighted by atomic mass is 16.2. The molecule has 0 aromatic heterocycles. The van der Waals surface area contributed by atoms with E-state index in [1.54, 1.807) is 0 Å². The van der Waals surface area contributed by atoms with Crippen molar-refractivity contribution in [3.05, 3.63) is 35.9 Å². The maximum Gasteiger partial charge on any atom is 0.230 e. The Hall–Kier alpha value is -1.31. The van der Waals surface area contributed by atoms with Gasteiger partial charge in [-0.2, -0.15) is 0 Å². The van der Waals surface area contributed by atoms with Gasteiger partial charge in [-0.15, -0.1) is 0 Å². The predicted molar refractivity (Wildman–Crippen MR) is 71.9 cm³/mol. The molecule has 0 saturated carbocycles. The zero-order valence-electron chi connectivity index (χ0n) is 11.5. The normalized spacial score (nSPS) is 12.3. The van der Waals surface area contributed by atoms with E-state index in [2.05, 4.69) is 26.1 Å². The summed E-state index contributed by atoms with van der Waals surface area (Å²) in [6.07, 6.45) is 0. The number of rotatable bonds is 3. The van der Waals surface area contributed by atoms with Crippen LogP contribution in [0.3, 0.4) is 0 Å². The smallest absolute Gasteiger partial charge is 0.230 e. The van der Waals surface area contributed by atoms with E-state index < -0.39 is 5.41 Å². The first-order valence-electron chi connectivity index (χ1n) is 6.07. The topological polar surface area (TPSA) is 29.1 Å². The SMILES string of the molecule is CC(C)(C)CNC(=O)C(C)(C)c1ccccc1. The molecule has 0 saturated heterocycles. The van der Waals surface area contributed by atoms with Crippen molar-refractivity contribution in [3.8, 4) is 0 Å². The van der Waals surface area contributed by atoms with Crippen LogP contribution >= 0.6 is 0 Å². The van der Waals surface area contributed by atoms with E-state index in [-0.39, 0.29) is 11.3 Å². The quantitative estimate of drug-likeness (QED) is 0.854. The number of hydrogen-bond donors (Lipinski definition) is 1.